The minimum atomic E-state index is -0.659. The van der Waals surface area contributed by atoms with Crippen molar-refractivity contribution in [1.82, 2.24) is 15.2 Å². The van der Waals surface area contributed by atoms with Crippen LogP contribution in [0.15, 0.2) is 12.3 Å². The monoisotopic (exact) mass is 513 g/mol. The first-order chi connectivity index (χ1) is 17.9. The number of hydrogen-bond donors (Lipinski definition) is 3. The van der Waals surface area contributed by atoms with Gasteiger partial charge in [0.2, 0.25) is 11.8 Å². The predicted molar refractivity (Wildman–Crippen MR) is 138 cm³/mol. The molecule has 10 nitrogen and oxygen atoms in total. The van der Waals surface area contributed by atoms with Gasteiger partial charge < -0.3 is 30.3 Å². The molecule has 5 rings (SSSR count). The lowest BCUT2D eigenvalue weighted by atomic mass is 9.76. The van der Waals surface area contributed by atoms with E-state index < -0.39 is 11.5 Å². The summed E-state index contributed by atoms with van der Waals surface area (Å²) in [6.07, 6.45) is 8.37. The number of amides is 4. The van der Waals surface area contributed by atoms with E-state index in [-0.39, 0.29) is 29.8 Å². The maximum absolute atomic E-state index is 13.6. The van der Waals surface area contributed by atoms with E-state index in [0.29, 0.717) is 56.7 Å². The average Bonchev–Trinajstić information content (AvgIpc) is 3.17. The van der Waals surface area contributed by atoms with E-state index >= 15 is 0 Å². The number of urea groups is 1. The molecule has 37 heavy (non-hydrogen) atoms. The zero-order chi connectivity index (χ0) is 26.0. The van der Waals surface area contributed by atoms with Gasteiger partial charge in [0.25, 0.3) is 0 Å². The fourth-order valence-corrected chi connectivity index (χ4v) is 6.28. The summed E-state index contributed by atoms with van der Waals surface area (Å²) in [7, 11) is 1.79. The zero-order valence-corrected chi connectivity index (χ0v) is 21.9. The van der Waals surface area contributed by atoms with Gasteiger partial charge in [-0.2, -0.15) is 0 Å². The topological polar surface area (TPSA) is 122 Å². The first kappa shape index (κ1) is 25.9. The number of carbonyl (C=O) groups excluding carboxylic acids is 3. The Hall–Kier alpha value is -2.72. The van der Waals surface area contributed by atoms with Crippen LogP contribution in [0.4, 0.5) is 16.3 Å². The van der Waals surface area contributed by atoms with Gasteiger partial charge in [-0.25, -0.2) is 9.78 Å². The van der Waals surface area contributed by atoms with Crippen LogP contribution in [0.3, 0.4) is 0 Å². The van der Waals surface area contributed by atoms with Crippen molar-refractivity contribution in [2.75, 3.05) is 44.1 Å². The number of nitrogens with zero attached hydrogens (tertiary/aromatic N) is 2. The lowest BCUT2D eigenvalue weighted by molar-refractivity contribution is -0.124. The summed E-state index contributed by atoms with van der Waals surface area (Å²) in [4.78, 5) is 45.8. The van der Waals surface area contributed by atoms with Crippen molar-refractivity contribution < 1.29 is 23.9 Å². The number of aromatic nitrogens is 1. The first-order valence-corrected chi connectivity index (χ1v) is 13.7. The van der Waals surface area contributed by atoms with Crippen LogP contribution < -0.4 is 16.0 Å². The molecule has 1 aromatic heterocycles. The van der Waals surface area contributed by atoms with E-state index in [1.54, 1.807) is 24.2 Å². The van der Waals surface area contributed by atoms with Gasteiger partial charge in [0.15, 0.2) is 0 Å². The summed E-state index contributed by atoms with van der Waals surface area (Å²) in [6.45, 7) is 4.59. The fourth-order valence-electron chi connectivity index (χ4n) is 6.28. The van der Waals surface area contributed by atoms with Crippen LogP contribution in [0.2, 0.25) is 0 Å². The van der Waals surface area contributed by atoms with Gasteiger partial charge in [0.1, 0.15) is 11.9 Å². The molecule has 4 heterocycles. The molecule has 2 saturated heterocycles. The molecule has 0 radical (unpaired) electrons. The second kappa shape index (κ2) is 10.9. The minimum Gasteiger partial charge on any atom is -0.381 e. The number of nitrogens with one attached hydrogen (secondary N) is 3. The van der Waals surface area contributed by atoms with Crippen molar-refractivity contribution in [1.29, 1.82) is 0 Å². The fraction of sp³-hybridized carbons (Fsp3) is 0.704. The average molecular weight is 514 g/mol. The highest BCUT2D eigenvalue weighted by Gasteiger charge is 2.48. The summed E-state index contributed by atoms with van der Waals surface area (Å²) >= 11 is 0. The van der Waals surface area contributed by atoms with E-state index in [4.69, 9.17) is 9.47 Å². The number of pyridine rings is 1. The molecular formula is C27H39N5O5. The molecule has 3 aliphatic heterocycles. The van der Waals surface area contributed by atoms with Crippen molar-refractivity contribution in [3.05, 3.63) is 17.8 Å². The lowest BCUT2D eigenvalue weighted by Crippen LogP contribution is -2.55. The van der Waals surface area contributed by atoms with E-state index in [1.165, 1.54) is 0 Å². The Morgan fingerprint density at radius 2 is 1.76 bits per heavy atom. The van der Waals surface area contributed by atoms with Gasteiger partial charge in [0, 0.05) is 57.3 Å². The molecule has 0 aromatic carbocycles. The van der Waals surface area contributed by atoms with Gasteiger partial charge in [0.05, 0.1) is 11.1 Å². The maximum atomic E-state index is 13.6. The van der Waals surface area contributed by atoms with Crippen LogP contribution in [0.1, 0.15) is 63.9 Å². The summed E-state index contributed by atoms with van der Waals surface area (Å²) in [5, 5.41) is 8.96. The quantitative estimate of drug-likeness (QED) is 0.556. The Morgan fingerprint density at radius 1 is 1.08 bits per heavy atom. The Labute approximate surface area is 218 Å². The molecule has 1 aliphatic carbocycles. The third-order valence-electron chi connectivity index (χ3n) is 8.85. The van der Waals surface area contributed by atoms with Crippen LogP contribution in [-0.2, 0) is 24.5 Å². The number of carbonyl (C=O) groups is 3. The maximum Gasteiger partial charge on any atom is 0.318 e. The highest BCUT2D eigenvalue weighted by molar-refractivity contribution is 6.07. The molecule has 0 unspecified atom stereocenters. The molecule has 1 aromatic rings. The number of anilines is 2. The molecule has 3 fully saturated rings. The van der Waals surface area contributed by atoms with Crippen LogP contribution in [-0.4, -0.2) is 73.3 Å². The number of ether oxygens (including phenoxy) is 2. The van der Waals surface area contributed by atoms with E-state index in [0.717, 1.165) is 44.1 Å². The normalized spacial score (nSPS) is 26.2. The second-order valence-electron chi connectivity index (χ2n) is 11.2. The number of rotatable bonds is 5. The standard InChI is InChI=1S/C27H39N5O5/c1-17-3-5-18(6-4-17)23(31-26(35)32(2)19-7-11-36-12-8-19)24(33)30-22-15-21-20(16-28-22)27(25(34)29-21)9-13-37-14-10-27/h15-19,23H,3-14H2,1-2H3,(H,29,34)(H,31,35)(H,28,30,33)/t17?,18?,23-/m0/s1. The number of hydrogen-bond acceptors (Lipinski definition) is 6. The van der Waals surface area contributed by atoms with Crippen molar-refractivity contribution >= 4 is 29.4 Å². The highest BCUT2D eigenvalue weighted by Crippen LogP contribution is 2.44. The van der Waals surface area contributed by atoms with Crippen LogP contribution in [0.5, 0.6) is 0 Å². The molecule has 10 heteroatoms. The molecule has 4 aliphatic rings. The van der Waals surface area contributed by atoms with Gasteiger partial charge in [-0.05, 0) is 50.4 Å². The van der Waals surface area contributed by atoms with Crippen molar-refractivity contribution in [3.63, 3.8) is 0 Å². The Kier molecular flexibility index (Phi) is 7.67. The summed E-state index contributed by atoms with van der Waals surface area (Å²) in [5.41, 5.74) is 0.944. The first-order valence-electron chi connectivity index (χ1n) is 13.7. The lowest BCUT2D eigenvalue weighted by Gasteiger charge is -2.36. The van der Waals surface area contributed by atoms with Crippen molar-refractivity contribution in [2.45, 2.75) is 75.8 Å². The van der Waals surface area contributed by atoms with E-state index in [2.05, 4.69) is 27.9 Å². The molecule has 1 atom stereocenters. The molecule has 0 bridgehead atoms. The van der Waals surface area contributed by atoms with Gasteiger partial charge in [-0.15, -0.1) is 0 Å². The van der Waals surface area contributed by atoms with Crippen LogP contribution in [0, 0.1) is 11.8 Å². The largest absolute Gasteiger partial charge is 0.381 e. The molecule has 3 N–H and O–H groups in total. The zero-order valence-electron chi connectivity index (χ0n) is 21.9. The Morgan fingerprint density at radius 3 is 2.46 bits per heavy atom. The van der Waals surface area contributed by atoms with Gasteiger partial charge >= 0.3 is 6.03 Å². The second-order valence-corrected chi connectivity index (χ2v) is 11.2. The third kappa shape index (κ3) is 5.31. The molecule has 4 amide bonds. The minimum absolute atomic E-state index is 0.0336. The van der Waals surface area contributed by atoms with E-state index in [1.807, 2.05) is 0 Å². The molecule has 202 valence electrons. The van der Waals surface area contributed by atoms with E-state index in [9.17, 15) is 14.4 Å². The highest BCUT2D eigenvalue weighted by atomic mass is 16.5. The number of fused-ring (bicyclic) bond motifs is 2. The summed E-state index contributed by atoms with van der Waals surface area (Å²) in [5.74, 6) is 0.747. The summed E-state index contributed by atoms with van der Waals surface area (Å²) in [6, 6.07) is 0.934. The van der Waals surface area contributed by atoms with Gasteiger partial charge in [-0.1, -0.05) is 19.8 Å². The Bertz CT molecular complexity index is 1010. The molecule has 1 spiro atoms. The SMILES string of the molecule is CC1CCC([C@H](NC(=O)N(C)C2CCOCC2)C(=O)Nc2cc3c(cn2)C2(CCOCC2)C(=O)N3)CC1. The van der Waals surface area contributed by atoms with Gasteiger partial charge in [-0.3, -0.25) is 9.59 Å². The smallest absolute Gasteiger partial charge is 0.318 e. The van der Waals surface area contributed by atoms with Crippen molar-refractivity contribution in [2.24, 2.45) is 11.8 Å². The molecule has 1 saturated carbocycles. The molecular weight excluding hydrogens is 474 g/mol. The van der Waals surface area contributed by atoms with Crippen molar-refractivity contribution in [3.8, 4) is 0 Å². The Balaban J connectivity index is 1.31. The van der Waals surface area contributed by atoms with Crippen LogP contribution >= 0.6 is 0 Å². The third-order valence-corrected chi connectivity index (χ3v) is 8.85. The summed E-state index contributed by atoms with van der Waals surface area (Å²) < 4.78 is 10.9. The van der Waals surface area contributed by atoms with Crippen LogP contribution in [0.25, 0.3) is 0 Å². The predicted octanol–water partition coefficient (Wildman–Crippen LogP) is 3.04.